The molecule has 0 radical (unpaired) electrons. The third-order valence-electron chi connectivity index (χ3n) is 4.75. The summed E-state index contributed by atoms with van der Waals surface area (Å²) < 4.78 is 0. The Bertz CT molecular complexity index is 664. The smallest absolute Gasteiger partial charge is 0.263 e. The number of carbonyl (C=O) groups excluding carboxylic acids is 2. The highest BCUT2D eigenvalue weighted by Gasteiger charge is 2.44. The second-order valence-corrected chi connectivity index (χ2v) is 7.39. The summed E-state index contributed by atoms with van der Waals surface area (Å²) in [4.78, 5) is 31.1. The van der Waals surface area contributed by atoms with E-state index in [0.717, 1.165) is 35.7 Å². The van der Waals surface area contributed by atoms with Crippen LogP contribution in [0.3, 0.4) is 0 Å². The van der Waals surface area contributed by atoms with Crippen molar-refractivity contribution < 1.29 is 9.59 Å². The van der Waals surface area contributed by atoms with Crippen LogP contribution in [0.25, 0.3) is 0 Å². The van der Waals surface area contributed by atoms with E-state index in [0.29, 0.717) is 17.8 Å². The predicted octanol–water partition coefficient (Wildman–Crippen LogP) is 2.41. The lowest BCUT2D eigenvalue weighted by atomic mass is 9.77. The van der Waals surface area contributed by atoms with Crippen molar-refractivity contribution in [2.45, 2.75) is 39.5 Å². The lowest BCUT2D eigenvalue weighted by Gasteiger charge is -2.41. The van der Waals surface area contributed by atoms with Crippen molar-refractivity contribution in [1.82, 2.24) is 15.2 Å². The number of amides is 2. The Balaban J connectivity index is 1.73. The number of carbonyl (C=O) groups is 2. The molecule has 2 heterocycles. The van der Waals surface area contributed by atoms with Gasteiger partial charge in [0.2, 0.25) is 5.91 Å². The Hall–Kier alpha value is -1.69. The van der Waals surface area contributed by atoms with Gasteiger partial charge < -0.3 is 10.2 Å². The van der Waals surface area contributed by atoms with E-state index in [4.69, 9.17) is 0 Å². The predicted molar refractivity (Wildman–Crippen MR) is 85.7 cm³/mol. The van der Waals surface area contributed by atoms with Crippen LogP contribution >= 0.6 is 11.3 Å². The standard InChI is InChI=1S/C16H21N3O2S/c1-10-14(22-11(2)18-10)15(21)17-9-16-7-4-5-12(16)19(3)13(20)6-8-16/h5H,4,6-9H2,1-3H3,(H,17,21). The summed E-state index contributed by atoms with van der Waals surface area (Å²) in [6.07, 6.45) is 5.50. The van der Waals surface area contributed by atoms with E-state index in [2.05, 4.69) is 16.4 Å². The minimum atomic E-state index is -0.0774. The van der Waals surface area contributed by atoms with E-state index >= 15 is 0 Å². The summed E-state index contributed by atoms with van der Waals surface area (Å²) in [7, 11) is 1.84. The largest absolute Gasteiger partial charge is 0.350 e. The fraction of sp³-hybridized carbons (Fsp3) is 0.562. The fourth-order valence-corrected chi connectivity index (χ4v) is 4.40. The molecule has 22 heavy (non-hydrogen) atoms. The van der Waals surface area contributed by atoms with Crippen molar-refractivity contribution in [1.29, 1.82) is 0 Å². The Kier molecular flexibility index (Phi) is 3.80. The highest BCUT2D eigenvalue weighted by Crippen LogP contribution is 2.46. The van der Waals surface area contributed by atoms with Gasteiger partial charge in [-0.05, 0) is 33.1 Å². The summed E-state index contributed by atoms with van der Waals surface area (Å²) in [6.45, 7) is 4.36. The molecule has 1 N–H and O–H groups in total. The van der Waals surface area contributed by atoms with Gasteiger partial charge in [0.05, 0.1) is 10.7 Å². The Morgan fingerprint density at radius 2 is 2.23 bits per heavy atom. The van der Waals surface area contributed by atoms with Crippen LogP contribution in [0.2, 0.25) is 0 Å². The molecule has 2 amide bonds. The molecule has 1 aliphatic carbocycles. The van der Waals surface area contributed by atoms with Crippen molar-refractivity contribution in [2.75, 3.05) is 13.6 Å². The zero-order valence-corrected chi connectivity index (χ0v) is 14.0. The van der Waals surface area contributed by atoms with Gasteiger partial charge in [-0.15, -0.1) is 11.3 Å². The van der Waals surface area contributed by atoms with E-state index in [1.165, 1.54) is 11.3 Å². The van der Waals surface area contributed by atoms with Gasteiger partial charge in [-0.2, -0.15) is 0 Å². The molecular formula is C16H21N3O2S. The van der Waals surface area contributed by atoms with Gasteiger partial charge in [0.25, 0.3) is 5.91 Å². The molecule has 1 fully saturated rings. The molecule has 2 aliphatic rings. The minimum absolute atomic E-state index is 0.0525. The first-order chi connectivity index (χ1) is 10.4. The van der Waals surface area contributed by atoms with Crippen LogP contribution in [-0.2, 0) is 4.79 Å². The highest BCUT2D eigenvalue weighted by molar-refractivity contribution is 7.13. The van der Waals surface area contributed by atoms with Gasteiger partial charge >= 0.3 is 0 Å². The first kappa shape index (κ1) is 15.2. The fourth-order valence-electron chi connectivity index (χ4n) is 3.56. The third-order valence-corrected chi connectivity index (χ3v) is 5.83. The summed E-state index contributed by atoms with van der Waals surface area (Å²) in [5.41, 5.74) is 1.79. The van der Waals surface area contributed by atoms with Gasteiger partial charge in [0.1, 0.15) is 4.88 Å². The Labute approximate surface area is 134 Å². The molecule has 1 aromatic rings. The van der Waals surface area contributed by atoms with E-state index in [1.54, 1.807) is 4.90 Å². The van der Waals surface area contributed by atoms with Crippen molar-refractivity contribution in [2.24, 2.45) is 5.41 Å². The van der Waals surface area contributed by atoms with E-state index in [-0.39, 0.29) is 17.2 Å². The summed E-state index contributed by atoms with van der Waals surface area (Å²) >= 11 is 1.43. The van der Waals surface area contributed by atoms with Crippen molar-refractivity contribution in [3.8, 4) is 0 Å². The molecule has 0 saturated carbocycles. The second-order valence-electron chi connectivity index (χ2n) is 6.19. The van der Waals surface area contributed by atoms with Gasteiger partial charge in [0.15, 0.2) is 0 Å². The molecule has 3 rings (SSSR count). The molecule has 0 bridgehead atoms. The monoisotopic (exact) mass is 319 g/mol. The quantitative estimate of drug-likeness (QED) is 0.930. The topological polar surface area (TPSA) is 62.3 Å². The van der Waals surface area contributed by atoms with Crippen LogP contribution in [0, 0.1) is 19.3 Å². The zero-order valence-electron chi connectivity index (χ0n) is 13.2. The summed E-state index contributed by atoms with van der Waals surface area (Å²) in [5.74, 6) is 0.118. The normalized spacial score (nSPS) is 24.2. The Morgan fingerprint density at radius 1 is 1.45 bits per heavy atom. The number of rotatable bonds is 3. The van der Waals surface area contributed by atoms with E-state index in [9.17, 15) is 9.59 Å². The lowest BCUT2D eigenvalue weighted by molar-refractivity contribution is -0.131. The van der Waals surface area contributed by atoms with Gasteiger partial charge in [0, 0.05) is 31.1 Å². The van der Waals surface area contributed by atoms with Gasteiger partial charge in [-0.1, -0.05) is 6.08 Å². The number of likely N-dealkylation sites (tertiary alicyclic amines) is 1. The maximum atomic E-state index is 12.4. The van der Waals surface area contributed by atoms with Crippen LogP contribution in [0.15, 0.2) is 11.8 Å². The molecule has 1 aliphatic heterocycles. The number of aryl methyl sites for hydroxylation is 2. The first-order valence-electron chi connectivity index (χ1n) is 7.62. The van der Waals surface area contributed by atoms with Crippen LogP contribution < -0.4 is 5.32 Å². The minimum Gasteiger partial charge on any atom is -0.350 e. The average Bonchev–Trinajstić information content (AvgIpc) is 3.05. The molecule has 5 nitrogen and oxygen atoms in total. The third kappa shape index (κ3) is 2.45. The first-order valence-corrected chi connectivity index (χ1v) is 8.44. The number of nitrogens with zero attached hydrogens (tertiary/aromatic N) is 2. The molecule has 1 atom stereocenters. The SMILES string of the molecule is Cc1nc(C)c(C(=O)NCC23CCC=C2N(C)C(=O)CC3)s1. The van der Waals surface area contributed by atoms with Gasteiger partial charge in [-0.3, -0.25) is 9.59 Å². The Morgan fingerprint density at radius 3 is 2.91 bits per heavy atom. The van der Waals surface area contributed by atoms with Crippen LogP contribution in [0.5, 0.6) is 0 Å². The number of fused-ring (bicyclic) bond motifs is 1. The van der Waals surface area contributed by atoms with Gasteiger partial charge in [-0.25, -0.2) is 4.98 Å². The van der Waals surface area contributed by atoms with Crippen molar-refractivity contribution in [3.05, 3.63) is 27.4 Å². The number of aromatic nitrogens is 1. The number of nitrogens with one attached hydrogen (secondary N) is 1. The number of allylic oxidation sites excluding steroid dienone is 1. The molecule has 1 saturated heterocycles. The van der Waals surface area contributed by atoms with Crippen molar-refractivity contribution in [3.63, 3.8) is 0 Å². The molecule has 1 unspecified atom stereocenters. The number of piperidine rings is 1. The maximum Gasteiger partial charge on any atom is 0.263 e. The average molecular weight is 319 g/mol. The zero-order chi connectivity index (χ0) is 15.9. The number of thiazole rings is 1. The molecular weight excluding hydrogens is 298 g/mol. The van der Waals surface area contributed by atoms with Crippen LogP contribution in [-0.4, -0.2) is 35.3 Å². The van der Waals surface area contributed by atoms with Crippen LogP contribution in [0.1, 0.15) is 46.1 Å². The maximum absolute atomic E-state index is 12.4. The summed E-state index contributed by atoms with van der Waals surface area (Å²) in [5, 5.41) is 3.98. The second kappa shape index (κ2) is 5.50. The lowest BCUT2D eigenvalue weighted by Crippen LogP contribution is -2.46. The molecule has 0 spiro atoms. The molecule has 1 aromatic heterocycles. The number of hydrogen-bond donors (Lipinski definition) is 1. The number of hydrogen-bond acceptors (Lipinski definition) is 4. The van der Waals surface area contributed by atoms with Crippen molar-refractivity contribution >= 4 is 23.2 Å². The molecule has 118 valence electrons. The molecule has 0 aromatic carbocycles. The summed E-state index contributed by atoms with van der Waals surface area (Å²) in [6, 6.07) is 0. The molecule has 6 heteroatoms. The van der Waals surface area contributed by atoms with E-state index in [1.807, 2.05) is 20.9 Å². The van der Waals surface area contributed by atoms with E-state index < -0.39 is 0 Å². The van der Waals surface area contributed by atoms with Crippen LogP contribution in [0.4, 0.5) is 0 Å². The highest BCUT2D eigenvalue weighted by atomic mass is 32.1.